The predicted octanol–water partition coefficient (Wildman–Crippen LogP) is 1.26. The van der Waals surface area contributed by atoms with Gasteiger partial charge in [0.2, 0.25) is 5.82 Å². The van der Waals surface area contributed by atoms with Gasteiger partial charge in [-0.2, -0.15) is 0 Å². The van der Waals surface area contributed by atoms with Crippen molar-refractivity contribution in [1.82, 2.24) is 25.0 Å². The van der Waals surface area contributed by atoms with Crippen molar-refractivity contribution in [2.24, 2.45) is 0 Å². The summed E-state index contributed by atoms with van der Waals surface area (Å²) in [5.41, 5.74) is 0.930. The maximum atomic E-state index is 12.7. The van der Waals surface area contributed by atoms with Crippen molar-refractivity contribution in [2.45, 2.75) is 26.3 Å². The molecular weight excluding hydrogens is 278 g/mol. The van der Waals surface area contributed by atoms with Crippen LogP contribution in [-0.2, 0) is 6.42 Å². The molecule has 116 valence electrons. The summed E-state index contributed by atoms with van der Waals surface area (Å²) in [6.07, 6.45) is 0.728. The lowest BCUT2D eigenvalue weighted by molar-refractivity contribution is 0.0643. The number of carbonyl (C=O) groups excluding carboxylic acids is 1. The highest BCUT2D eigenvalue weighted by molar-refractivity contribution is 5.90. The number of hydrogen-bond acceptors (Lipinski definition) is 4. The zero-order valence-corrected chi connectivity index (χ0v) is 13.0. The highest BCUT2D eigenvalue weighted by atomic mass is 16.2. The first-order valence-corrected chi connectivity index (χ1v) is 7.73. The summed E-state index contributed by atoms with van der Waals surface area (Å²) in [7, 11) is 0. The maximum absolute atomic E-state index is 12.7. The molecule has 1 saturated heterocycles. The molecule has 1 amide bonds. The number of amides is 1. The first-order valence-electron chi connectivity index (χ1n) is 7.73. The third-order valence-electron chi connectivity index (χ3n) is 3.94. The maximum Gasteiger partial charge on any atom is 0.293 e. The predicted molar refractivity (Wildman–Crippen MR) is 84.1 cm³/mol. The van der Waals surface area contributed by atoms with Crippen LogP contribution in [-0.4, -0.2) is 51.2 Å². The number of nitrogens with one attached hydrogen (secondary N) is 1. The summed E-state index contributed by atoms with van der Waals surface area (Å²) in [4.78, 5) is 19.0. The topological polar surface area (TPSA) is 63.1 Å². The van der Waals surface area contributed by atoms with Crippen molar-refractivity contribution < 1.29 is 4.79 Å². The van der Waals surface area contributed by atoms with Crippen LogP contribution in [0.15, 0.2) is 30.3 Å². The number of aromatic nitrogens is 3. The van der Waals surface area contributed by atoms with Crippen LogP contribution in [0, 0.1) is 0 Å². The van der Waals surface area contributed by atoms with Crippen molar-refractivity contribution in [3.05, 3.63) is 42.0 Å². The highest BCUT2D eigenvalue weighted by Crippen LogP contribution is 2.13. The normalized spacial score (nSPS) is 18.5. The molecule has 6 heteroatoms. The van der Waals surface area contributed by atoms with Crippen molar-refractivity contribution in [1.29, 1.82) is 0 Å². The third kappa shape index (κ3) is 2.74. The van der Waals surface area contributed by atoms with Crippen molar-refractivity contribution >= 4 is 5.91 Å². The van der Waals surface area contributed by atoms with Crippen LogP contribution in [0.5, 0.6) is 0 Å². The molecule has 0 aliphatic carbocycles. The van der Waals surface area contributed by atoms with Gasteiger partial charge >= 0.3 is 0 Å². The molecule has 0 radical (unpaired) electrons. The number of piperazine rings is 1. The Kier molecular flexibility index (Phi) is 4.20. The molecule has 0 spiro atoms. The SMILES string of the molecule is CCc1nc(C(=O)N2CCNC[C@H]2C)nn1-c1ccccc1. The summed E-state index contributed by atoms with van der Waals surface area (Å²) in [6.45, 7) is 6.38. The average molecular weight is 299 g/mol. The number of aryl methyl sites for hydroxylation is 1. The fraction of sp³-hybridized carbons (Fsp3) is 0.438. The zero-order chi connectivity index (χ0) is 15.5. The number of benzene rings is 1. The Balaban J connectivity index is 1.92. The number of hydrogen-bond donors (Lipinski definition) is 1. The first kappa shape index (κ1) is 14.7. The van der Waals surface area contributed by atoms with Gasteiger partial charge in [-0.3, -0.25) is 4.79 Å². The quantitative estimate of drug-likeness (QED) is 0.927. The summed E-state index contributed by atoms with van der Waals surface area (Å²) in [6, 6.07) is 9.97. The molecule has 1 fully saturated rings. The molecule has 1 aliphatic rings. The van der Waals surface area contributed by atoms with Crippen LogP contribution in [0.2, 0.25) is 0 Å². The fourth-order valence-corrected chi connectivity index (χ4v) is 2.71. The van der Waals surface area contributed by atoms with Crippen LogP contribution >= 0.6 is 0 Å². The van der Waals surface area contributed by atoms with Gasteiger partial charge in [-0.25, -0.2) is 9.67 Å². The molecule has 0 unspecified atom stereocenters. The molecule has 1 N–H and O–H groups in total. The highest BCUT2D eigenvalue weighted by Gasteiger charge is 2.27. The fourth-order valence-electron chi connectivity index (χ4n) is 2.71. The summed E-state index contributed by atoms with van der Waals surface area (Å²) in [5, 5.41) is 7.74. The lowest BCUT2D eigenvalue weighted by Gasteiger charge is -2.33. The van der Waals surface area contributed by atoms with Gasteiger partial charge in [0.15, 0.2) is 0 Å². The number of carbonyl (C=O) groups is 1. The summed E-state index contributed by atoms with van der Waals surface area (Å²) < 4.78 is 1.76. The van der Waals surface area contributed by atoms with Crippen LogP contribution in [0.4, 0.5) is 0 Å². The van der Waals surface area contributed by atoms with E-state index in [-0.39, 0.29) is 17.8 Å². The Morgan fingerprint density at radius 2 is 2.14 bits per heavy atom. The second-order valence-corrected chi connectivity index (χ2v) is 5.50. The molecule has 3 rings (SSSR count). The monoisotopic (exact) mass is 299 g/mol. The van der Waals surface area contributed by atoms with Crippen LogP contribution in [0.25, 0.3) is 5.69 Å². The molecule has 0 saturated carbocycles. The summed E-state index contributed by atoms with van der Waals surface area (Å²) in [5.74, 6) is 1.00. The third-order valence-corrected chi connectivity index (χ3v) is 3.94. The van der Waals surface area contributed by atoms with Crippen LogP contribution in [0.3, 0.4) is 0 Å². The van der Waals surface area contributed by atoms with Crippen LogP contribution in [0.1, 0.15) is 30.3 Å². The molecule has 1 aromatic carbocycles. The molecular formula is C16H21N5O. The first-order chi connectivity index (χ1) is 10.7. The average Bonchev–Trinajstić information content (AvgIpc) is 3.00. The number of para-hydroxylation sites is 1. The van der Waals surface area contributed by atoms with E-state index in [1.807, 2.05) is 49.1 Å². The van der Waals surface area contributed by atoms with E-state index in [2.05, 4.69) is 15.4 Å². The molecule has 2 aromatic rings. The number of rotatable bonds is 3. The van der Waals surface area contributed by atoms with Crippen molar-refractivity contribution in [3.8, 4) is 5.69 Å². The van der Waals surface area contributed by atoms with Gasteiger partial charge in [-0.1, -0.05) is 25.1 Å². The van der Waals surface area contributed by atoms with E-state index in [0.717, 1.165) is 31.0 Å². The Labute approximate surface area is 130 Å². The lowest BCUT2D eigenvalue weighted by atomic mass is 10.2. The van der Waals surface area contributed by atoms with E-state index < -0.39 is 0 Å². The molecule has 0 bridgehead atoms. The minimum absolute atomic E-state index is 0.0848. The minimum Gasteiger partial charge on any atom is -0.331 e. The van der Waals surface area contributed by atoms with Gasteiger partial charge < -0.3 is 10.2 Å². The standard InChI is InChI=1S/C16H21N5O/c1-3-14-18-15(16(22)20-10-9-17-11-12(20)2)19-21(14)13-7-5-4-6-8-13/h4-8,12,17H,3,9-11H2,1-2H3/t12-/m1/s1. The number of nitrogens with zero attached hydrogens (tertiary/aromatic N) is 4. The Morgan fingerprint density at radius 3 is 2.82 bits per heavy atom. The Hall–Kier alpha value is -2.21. The van der Waals surface area contributed by atoms with E-state index in [1.165, 1.54) is 0 Å². The Morgan fingerprint density at radius 1 is 1.36 bits per heavy atom. The second kappa shape index (κ2) is 6.27. The van der Waals surface area contributed by atoms with E-state index >= 15 is 0 Å². The van der Waals surface area contributed by atoms with E-state index in [9.17, 15) is 4.79 Å². The molecule has 6 nitrogen and oxygen atoms in total. The smallest absolute Gasteiger partial charge is 0.293 e. The largest absolute Gasteiger partial charge is 0.331 e. The zero-order valence-electron chi connectivity index (χ0n) is 13.0. The lowest BCUT2D eigenvalue weighted by Crippen LogP contribution is -2.52. The van der Waals surface area contributed by atoms with Gasteiger partial charge in [0.05, 0.1) is 5.69 Å². The Bertz CT molecular complexity index is 652. The van der Waals surface area contributed by atoms with Crippen LogP contribution < -0.4 is 5.32 Å². The van der Waals surface area contributed by atoms with Gasteiger partial charge in [-0.15, -0.1) is 5.10 Å². The minimum atomic E-state index is -0.0848. The molecule has 2 heterocycles. The summed E-state index contributed by atoms with van der Waals surface area (Å²) >= 11 is 0. The van der Waals surface area contributed by atoms with E-state index in [0.29, 0.717) is 6.54 Å². The molecule has 1 aliphatic heterocycles. The molecule has 1 aromatic heterocycles. The van der Waals surface area contributed by atoms with Crippen molar-refractivity contribution in [2.75, 3.05) is 19.6 Å². The second-order valence-electron chi connectivity index (χ2n) is 5.50. The van der Waals surface area contributed by atoms with Gasteiger partial charge in [0.25, 0.3) is 5.91 Å². The van der Waals surface area contributed by atoms with E-state index in [1.54, 1.807) is 4.68 Å². The molecule has 1 atom stereocenters. The van der Waals surface area contributed by atoms with E-state index in [4.69, 9.17) is 0 Å². The van der Waals surface area contributed by atoms with Gasteiger partial charge in [0.1, 0.15) is 5.82 Å². The van der Waals surface area contributed by atoms with Crippen molar-refractivity contribution in [3.63, 3.8) is 0 Å². The van der Waals surface area contributed by atoms with Gasteiger partial charge in [0, 0.05) is 32.1 Å². The van der Waals surface area contributed by atoms with Gasteiger partial charge in [-0.05, 0) is 19.1 Å². The molecule has 22 heavy (non-hydrogen) atoms.